The lowest BCUT2D eigenvalue weighted by Gasteiger charge is -2.32. The summed E-state index contributed by atoms with van der Waals surface area (Å²) in [5.74, 6) is 1.11. The molecule has 1 aliphatic carbocycles. The highest BCUT2D eigenvalue weighted by molar-refractivity contribution is 8.04. The Kier molecular flexibility index (Phi) is 9.25. The van der Waals surface area contributed by atoms with Crippen LogP contribution in [0.3, 0.4) is 0 Å². The van der Waals surface area contributed by atoms with Crippen molar-refractivity contribution in [2.24, 2.45) is 0 Å². The lowest BCUT2D eigenvalue weighted by molar-refractivity contribution is -0.127. The Morgan fingerprint density at radius 3 is 2.20 bits per heavy atom. The van der Waals surface area contributed by atoms with Gasteiger partial charge in [0.2, 0.25) is 5.91 Å². The molecule has 0 aliphatic heterocycles. The largest absolute Gasteiger partial charge is 0.507 e. The zero-order valence-electron chi connectivity index (χ0n) is 22.4. The first-order chi connectivity index (χ1) is 16.4. The number of pyridine rings is 1. The summed E-state index contributed by atoms with van der Waals surface area (Å²) >= 11 is 3.76. The molecule has 0 spiro atoms. The Labute approximate surface area is 220 Å². The van der Waals surface area contributed by atoms with Crippen LogP contribution in [0, 0.1) is 0 Å². The van der Waals surface area contributed by atoms with E-state index in [1.807, 2.05) is 48.9 Å². The van der Waals surface area contributed by atoms with Crippen molar-refractivity contribution >= 4 is 29.4 Å². The van der Waals surface area contributed by atoms with Crippen molar-refractivity contribution in [1.82, 2.24) is 9.88 Å². The van der Waals surface area contributed by atoms with Crippen LogP contribution in [-0.4, -0.2) is 44.2 Å². The Hall–Kier alpha value is -1.66. The molecular formula is C29H42N2O2S2. The minimum absolute atomic E-state index is 0.132. The first-order valence-electron chi connectivity index (χ1n) is 12.7. The van der Waals surface area contributed by atoms with E-state index in [-0.39, 0.29) is 16.7 Å². The lowest BCUT2D eigenvalue weighted by Crippen LogP contribution is -2.31. The normalized spacial score (nSPS) is 18.9. The fourth-order valence-electron chi connectivity index (χ4n) is 4.52. The summed E-state index contributed by atoms with van der Waals surface area (Å²) in [6, 6.07) is 8.30. The topological polar surface area (TPSA) is 53.4 Å². The van der Waals surface area contributed by atoms with Crippen molar-refractivity contribution in [2.75, 3.05) is 12.8 Å². The van der Waals surface area contributed by atoms with Gasteiger partial charge in [-0.05, 0) is 47.4 Å². The predicted octanol–water partition coefficient (Wildman–Crippen LogP) is 7.18. The smallest absolute Gasteiger partial charge is 0.232 e. The van der Waals surface area contributed by atoms with Crippen LogP contribution in [-0.2, 0) is 22.2 Å². The van der Waals surface area contributed by atoms with E-state index < -0.39 is 0 Å². The minimum atomic E-state index is -0.132. The number of thioether (sulfide) groups is 2. The third-order valence-corrected chi connectivity index (χ3v) is 9.57. The van der Waals surface area contributed by atoms with E-state index in [2.05, 4.69) is 58.7 Å². The Bertz CT molecular complexity index is 961. The fourth-order valence-corrected chi connectivity index (χ4v) is 7.48. The van der Waals surface area contributed by atoms with Crippen LogP contribution < -0.4 is 0 Å². The van der Waals surface area contributed by atoms with Crippen molar-refractivity contribution < 1.29 is 9.90 Å². The van der Waals surface area contributed by atoms with Gasteiger partial charge < -0.3 is 10.0 Å². The monoisotopic (exact) mass is 514 g/mol. The highest BCUT2D eigenvalue weighted by Crippen LogP contribution is 2.45. The van der Waals surface area contributed by atoms with Gasteiger partial charge in [0.05, 0.1) is 5.75 Å². The number of nitrogens with zero attached hydrogens (tertiary/aromatic N) is 2. The molecule has 0 bridgehead atoms. The van der Waals surface area contributed by atoms with Gasteiger partial charge in [-0.2, -0.15) is 0 Å². The molecule has 1 aromatic heterocycles. The summed E-state index contributed by atoms with van der Waals surface area (Å²) in [7, 11) is 1.88. The number of carbonyl (C=O) groups is 1. The molecule has 1 aromatic carbocycles. The second-order valence-corrected chi connectivity index (χ2v) is 14.3. The standard InChI is InChI=1S/C29H42N2O2S2/c1-28(2,3)22-15-21(16-23(27(22)33)29(4,5)6)35-25-13-9-8-12-24(25)34-19-26(32)31(7)18-20-11-10-14-30-17-20/h10-11,14-17,24-25,33H,8-9,12-13,18-19H2,1-7H3/t24-,25-/m1/s1. The van der Waals surface area contributed by atoms with Gasteiger partial charge in [0.1, 0.15) is 5.75 Å². The highest BCUT2D eigenvalue weighted by Gasteiger charge is 2.30. The molecule has 2 aromatic rings. The maximum absolute atomic E-state index is 12.9. The van der Waals surface area contributed by atoms with Crippen molar-refractivity contribution in [2.45, 2.75) is 100.0 Å². The van der Waals surface area contributed by atoms with Crippen molar-refractivity contribution in [3.63, 3.8) is 0 Å². The number of hydrogen-bond donors (Lipinski definition) is 1. The maximum atomic E-state index is 12.9. The van der Waals surface area contributed by atoms with E-state index in [0.29, 0.717) is 28.5 Å². The van der Waals surface area contributed by atoms with Crippen LogP contribution in [0.1, 0.15) is 83.9 Å². The van der Waals surface area contributed by atoms with E-state index in [9.17, 15) is 9.90 Å². The molecule has 0 saturated heterocycles. The van der Waals surface area contributed by atoms with Crippen LogP contribution in [0.5, 0.6) is 5.75 Å². The molecule has 3 rings (SSSR count). The summed E-state index contributed by atoms with van der Waals surface area (Å²) in [4.78, 5) is 20.0. The summed E-state index contributed by atoms with van der Waals surface area (Å²) in [6.07, 6.45) is 8.35. The number of phenolic OH excluding ortho intramolecular Hbond substituents is 1. The Balaban J connectivity index is 1.71. The number of aromatic nitrogens is 1. The summed E-state index contributed by atoms with van der Waals surface area (Å²) < 4.78 is 0. The predicted molar refractivity (Wildman–Crippen MR) is 151 cm³/mol. The fraction of sp³-hybridized carbons (Fsp3) is 0.586. The number of phenols is 1. The number of rotatable bonds is 7. The molecule has 4 nitrogen and oxygen atoms in total. The van der Waals surface area contributed by atoms with E-state index in [4.69, 9.17) is 0 Å². The first-order valence-corrected chi connectivity index (χ1v) is 14.6. The van der Waals surface area contributed by atoms with Crippen molar-refractivity contribution in [3.8, 4) is 5.75 Å². The Morgan fingerprint density at radius 2 is 1.66 bits per heavy atom. The van der Waals surface area contributed by atoms with Crippen LogP contribution in [0.4, 0.5) is 0 Å². The second kappa shape index (κ2) is 11.6. The maximum Gasteiger partial charge on any atom is 0.232 e. The SMILES string of the molecule is CN(Cc1cccnc1)C(=O)CS[C@@H]1CCCC[C@H]1Sc1cc(C(C)(C)C)c(O)c(C(C)(C)C)c1. The van der Waals surface area contributed by atoms with E-state index in [1.165, 1.54) is 24.2 Å². The molecule has 1 heterocycles. The van der Waals surface area contributed by atoms with Gasteiger partial charge in [0.25, 0.3) is 0 Å². The van der Waals surface area contributed by atoms with Gasteiger partial charge in [-0.1, -0.05) is 60.5 Å². The van der Waals surface area contributed by atoms with E-state index in [0.717, 1.165) is 23.1 Å². The van der Waals surface area contributed by atoms with E-state index >= 15 is 0 Å². The quantitative estimate of drug-likeness (QED) is 0.424. The van der Waals surface area contributed by atoms with Gasteiger partial charge >= 0.3 is 0 Å². The first kappa shape index (κ1) is 27.9. The zero-order valence-corrected chi connectivity index (χ0v) is 24.1. The van der Waals surface area contributed by atoms with Crippen molar-refractivity contribution in [3.05, 3.63) is 53.3 Å². The van der Waals surface area contributed by atoms with Gasteiger partial charge in [0, 0.05) is 52.5 Å². The number of aromatic hydroxyl groups is 1. The van der Waals surface area contributed by atoms with E-state index in [1.54, 1.807) is 11.1 Å². The minimum Gasteiger partial charge on any atom is -0.507 e. The number of amides is 1. The second-order valence-electron chi connectivity index (χ2n) is 11.8. The van der Waals surface area contributed by atoms with Gasteiger partial charge in [-0.25, -0.2) is 0 Å². The van der Waals surface area contributed by atoms with Crippen LogP contribution in [0.2, 0.25) is 0 Å². The molecule has 6 heteroatoms. The number of hydrogen-bond acceptors (Lipinski definition) is 5. The average molecular weight is 515 g/mol. The number of benzene rings is 1. The molecule has 1 fully saturated rings. The van der Waals surface area contributed by atoms with Crippen LogP contribution in [0.25, 0.3) is 0 Å². The molecule has 1 N–H and O–H groups in total. The van der Waals surface area contributed by atoms with Crippen molar-refractivity contribution in [1.29, 1.82) is 0 Å². The lowest BCUT2D eigenvalue weighted by atomic mass is 9.79. The summed E-state index contributed by atoms with van der Waals surface area (Å²) in [5.41, 5.74) is 2.81. The molecule has 1 saturated carbocycles. The van der Waals surface area contributed by atoms with Crippen LogP contribution in [0.15, 0.2) is 41.6 Å². The molecular weight excluding hydrogens is 472 g/mol. The Morgan fingerprint density at radius 1 is 1.06 bits per heavy atom. The zero-order chi connectivity index (χ0) is 25.8. The highest BCUT2D eigenvalue weighted by atomic mass is 32.2. The average Bonchev–Trinajstić information content (AvgIpc) is 2.78. The number of carbonyl (C=O) groups excluding carboxylic acids is 1. The third-order valence-electron chi connectivity index (χ3n) is 6.62. The molecule has 1 aliphatic rings. The molecule has 2 atom stereocenters. The molecule has 1 amide bonds. The molecule has 192 valence electrons. The summed E-state index contributed by atoms with van der Waals surface area (Å²) in [5, 5.41) is 12.0. The molecule has 35 heavy (non-hydrogen) atoms. The molecule has 0 unspecified atom stereocenters. The van der Waals surface area contributed by atoms with Gasteiger partial charge in [-0.15, -0.1) is 23.5 Å². The van der Waals surface area contributed by atoms with Crippen LogP contribution >= 0.6 is 23.5 Å². The molecule has 0 radical (unpaired) electrons. The third kappa shape index (κ3) is 7.66. The van der Waals surface area contributed by atoms with Gasteiger partial charge in [-0.3, -0.25) is 9.78 Å². The summed E-state index contributed by atoms with van der Waals surface area (Å²) in [6.45, 7) is 13.6. The van der Waals surface area contributed by atoms with Gasteiger partial charge in [0.15, 0.2) is 0 Å².